The molecule has 0 bridgehead atoms. The normalized spacial score (nSPS) is 11.2. The Balaban J connectivity index is 1.74. The van der Waals surface area contributed by atoms with Crippen molar-refractivity contribution in [3.63, 3.8) is 0 Å². The molecule has 1 aromatic carbocycles. The quantitative estimate of drug-likeness (QED) is 0.493. The number of fused-ring (bicyclic) bond motifs is 1. The van der Waals surface area contributed by atoms with Gasteiger partial charge in [-0.3, -0.25) is 13.9 Å². The highest BCUT2D eigenvalue weighted by Gasteiger charge is 2.14. The number of benzene rings is 1. The van der Waals surface area contributed by atoms with E-state index in [-0.39, 0.29) is 11.2 Å². The molecule has 3 aromatic rings. The third-order valence-corrected chi connectivity index (χ3v) is 5.12. The zero-order valence-electron chi connectivity index (χ0n) is 14.4. The summed E-state index contributed by atoms with van der Waals surface area (Å²) in [5.41, 5.74) is 0.245. The molecular formula is C17H20N4O3S. The molecule has 0 fully saturated rings. The first kappa shape index (κ1) is 17.3. The molecule has 0 aliphatic rings. The Morgan fingerprint density at radius 2 is 2.04 bits per heavy atom. The molecule has 2 aromatic heterocycles. The largest absolute Gasteiger partial charge is 0.497 e. The second kappa shape index (κ2) is 7.18. The van der Waals surface area contributed by atoms with Gasteiger partial charge in [0, 0.05) is 25.5 Å². The third-order valence-electron chi connectivity index (χ3n) is 4.04. The number of imidazole rings is 1. The highest BCUT2D eigenvalue weighted by atomic mass is 32.2. The summed E-state index contributed by atoms with van der Waals surface area (Å²) in [6.07, 6.45) is 2.26. The summed E-state index contributed by atoms with van der Waals surface area (Å²) < 4.78 is 9.57. The SMILES string of the molecule is COc1cccc(SCCCn2c(=O)c3c(ncn3C)n(C)c2=O)c1. The number of aromatic nitrogens is 4. The summed E-state index contributed by atoms with van der Waals surface area (Å²) in [7, 11) is 5.03. The van der Waals surface area contributed by atoms with Crippen molar-refractivity contribution in [1.82, 2.24) is 18.7 Å². The van der Waals surface area contributed by atoms with Crippen molar-refractivity contribution in [2.75, 3.05) is 12.9 Å². The summed E-state index contributed by atoms with van der Waals surface area (Å²) in [6.45, 7) is 0.379. The van der Waals surface area contributed by atoms with Crippen molar-refractivity contribution in [3.8, 4) is 5.75 Å². The van der Waals surface area contributed by atoms with Gasteiger partial charge in [0.25, 0.3) is 5.56 Å². The molecule has 3 rings (SSSR count). The fraction of sp³-hybridized carbons (Fsp3) is 0.353. The van der Waals surface area contributed by atoms with Gasteiger partial charge in [-0.05, 0) is 30.4 Å². The van der Waals surface area contributed by atoms with Crippen molar-refractivity contribution in [2.45, 2.75) is 17.9 Å². The number of ether oxygens (including phenoxy) is 1. The molecule has 0 spiro atoms. The van der Waals surface area contributed by atoms with Crippen molar-refractivity contribution in [3.05, 3.63) is 51.4 Å². The van der Waals surface area contributed by atoms with Crippen LogP contribution >= 0.6 is 11.8 Å². The van der Waals surface area contributed by atoms with E-state index >= 15 is 0 Å². The van der Waals surface area contributed by atoms with Gasteiger partial charge in [0.2, 0.25) is 0 Å². The summed E-state index contributed by atoms with van der Waals surface area (Å²) >= 11 is 1.67. The molecule has 0 atom stereocenters. The lowest BCUT2D eigenvalue weighted by atomic mass is 10.3. The van der Waals surface area contributed by atoms with Gasteiger partial charge in [0.05, 0.1) is 13.4 Å². The maximum Gasteiger partial charge on any atom is 0.332 e. The van der Waals surface area contributed by atoms with E-state index in [0.29, 0.717) is 24.1 Å². The Kier molecular flexibility index (Phi) is 4.98. The molecule has 0 N–H and O–H groups in total. The number of hydrogen-bond acceptors (Lipinski definition) is 5. The monoisotopic (exact) mass is 360 g/mol. The van der Waals surface area contributed by atoms with Crippen LogP contribution in [-0.4, -0.2) is 31.5 Å². The molecule has 0 saturated heterocycles. The summed E-state index contributed by atoms with van der Waals surface area (Å²) in [5, 5.41) is 0. The van der Waals surface area contributed by atoms with E-state index in [2.05, 4.69) is 4.98 Å². The number of rotatable bonds is 6. The minimum atomic E-state index is -0.331. The third kappa shape index (κ3) is 3.34. The van der Waals surface area contributed by atoms with E-state index < -0.39 is 0 Å². The molecule has 25 heavy (non-hydrogen) atoms. The van der Waals surface area contributed by atoms with Gasteiger partial charge < -0.3 is 9.30 Å². The van der Waals surface area contributed by atoms with Crippen molar-refractivity contribution in [2.24, 2.45) is 14.1 Å². The standard InChI is InChI=1S/C17H20N4O3S/c1-19-11-18-15-14(19)16(22)21(17(23)20(15)2)8-5-9-25-13-7-4-6-12(10-13)24-3/h4,6-7,10-11H,5,8-9H2,1-3H3. The number of methoxy groups -OCH3 is 1. The number of nitrogens with zero attached hydrogens (tertiary/aromatic N) is 4. The van der Waals surface area contributed by atoms with Crippen LogP contribution in [0, 0.1) is 0 Å². The first-order valence-electron chi connectivity index (χ1n) is 7.90. The second-order valence-electron chi connectivity index (χ2n) is 5.71. The van der Waals surface area contributed by atoms with Crippen LogP contribution in [0.5, 0.6) is 5.75 Å². The first-order valence-corrected chi connectivity index (χ1v) is 8.89. The van der Waals surface area contributed by atoms with Crippen LogP contribution in [0.15, 0.2) is 45.1 Å². The highest BCUT2D eigenvalue weighted by molar-refractivity contribution is 7.99. The Labute approximate surface area is 148 Å². The Hall–Kier alpha value is -2.48. The maximum absolute atomic E-state index is 12.6. The minimum absolute atomic E-state index is 0.288. The van der Waals surface area contributed by atoms with Crippen LogP contribution in [-0.2, 0) is 20.6 Å². The van der Waals surface area contributed by atoms with Crippen LogP contribution in [0.1, 0.15) is 6.42 Å². The average molecular weight is 360 g/mol. The molecule has 0 amide bonds. The van der Waals surface area contributed by atoms with Crippen LogP contribution in [0.3, 0.4) is 0 Å². The number of hydrogen-bond donors (Lipinski definition) is 0. The zero-order chi connectivity index (χ0) is 18.0. The van der Waals surface area contributed by atoms with Gasteiger partial charge in [-0.1, -0.05) is 6.07 Å². The van der Waals surface area contributed by atoms with E-state index in [1.54, 1.807) is 43.9 Å². The first-order chi connectivity index (χ1) is 12.0. The molecule has 0 aliphatic heterocycles. The van der Waals surface area contributed by atoms with Gasteiger partial charge in [0.1, 0.15) is 5.75 Å². The fourth-order valence-corrected chi connectivity index (χ4v) is 3.58. The molecule has 8 heteroatoms. The van der Waals surface area contributed by atoms with Crippen LogP contribution in [0.25, 0.3) is 11.2 Å². The van der Waals surface area contributed by atoms with Crippen molar-refractivity contribution < 1.29 is 4.74 Å². The predicted octanol–water partition coefficient (Wildman–Crippen LogP) is 1.62. The average Bonchev–Trinajstić information content (AvgIpc) is 3.01. The zero-order valence-corrected chi connectivity index (χ0v) is 15.2. The predicted molar refractivity (Wildman–Crippen MR) is 98.6 cm³/mol. The summed E-state index contributed by atoms with van der Waals surface area (Å²) in [4.78, 5) is 30.2. The van der Waals surface area contributed by atoms with Crippen molar-refractivity contribution >= 4 is 22.9 Å². The lowest BCUT2D eigenvalue weighted by Gasteiger charge is -2.09. The molecule has 132 valence electrons. The van der Waals surface area contributed by atoms with Gasteiger partial charge >= 0.3 is 5.69 Å². The number of aryl methyl sites for hydroxylation is 2. The Morgan fingerprint density at radius 3 is 2.80 bits per heavy atom. The highest BCUT2D eigenvalue weighted by Crippen LogP contribution is 2.23. The van der Waals surface area contributed by atoms with Crippen LogP contribution in [0.2, 0.25) is 0 Å². The van der Waals surface area contributed by atoms with E-state index in [4.69, 9.17) is 4.74 Å². The van der Waals surface area contributed by atoms with E-state index in [1.807, 2.05) is 24.3 Å². The lowest BCUT2D eigenvalue weighted by Crippen LogP contribution is -2.39. The molecule has 2 heterocycles. The molecule has 0 aliphatic carbocycles. The fourth-order valence-electron chi connectivity index (χ4n) is 2.70. The molecule has 0 unspecified atom stereocenters. The van der Waals surface area contributed by atoms with Gasteiger partial charge in [-0.15, -0.1) is 11.8 Å². The summed E-state index contributed by atoms with van der Waals surface area (Å²) in [6, 6.07) is 7.83. The Morgan fingerprint density at radius 1 is 1.24 bits per heavy atom. The smallest absolute Gasteiger partial charge is 0.332 e. The topological polar surface area (TPSA) is 71.1 Å². The maximum atomic E-state index is 12.6. The van der Waals surface area contributed by atoms with Crippen molar-refractivity contribution in [1.29, 1.82) is 0 Å². The van der Waals surface area contributed by atoms with E-state index in [9.17, 15) is 9.59 Å². The summed E-state index contributed by atoms with van der Waals surface area (Å²) in [5.74, 6) is 1.61. The van der Waals surface area contributed by atoms with Gasteiger partial charge in [-0.2, -0.15) is 0 Å². The van der Waals surface area contributed by atoms with E-state index in [1.165, 1.54) is 9.13 Å². The van der Waals surface area contributed by atoms with Gasteiger partial charge in [-0.25, -0.2) is 9.78 Å². The van der Waals surface area contributed by atoms with Gasteiger partial charge in [0.15, 0.2) is 11.2 Å². The minimum Gasteiger partial charge on any atom is -0.497 e. The lowest BCUT2D eigenvalue weighted by molar-refractivity contribution is 0.413. The molecule has 0 radical (unpaired) electrons. The molecular weight excluding hydrogens is 340 g/mol. The number of thioether (sulfide) groups is 1. The van der Waals surface area contributed by atoms with Crippen LogP contribution in [0.4, 0.5) is 0 Å². The van der Waals surface area contributed by atoms with Crippen LogP contribution < -0.4 is 16.0 Å². The molecule has 0 saturated carbocycles. The Bertz CT molecular complexity index is 1020. The second-order valence-corrected chi connectivity index (χ2v) is 6.88. The molecule has 7 nitrogen and oxygen atoms in total. The van der Waals surface area contributed by atoms with E-state index in [0.717, 1.165) is 16.4 Å².